The Kier molecular flexibility index (Phi) is 7.04. The summed E-state index contributed by atoms with van der Waals surface area (Å²) < 4.78 is 5.76. The Morgan fingerprint density at radius 1 is 1.00 bits per heavy atom. The molecule has 0 aliphatic rings. The van der Waals surface area contributed by atoms with Crippen LogP contribution in [0.1, 0.15) is 24.5 Å². The van der Waals surface area contributed by atoms with Gasteiger partial charge in [-0.05, 0) is 55.3 Å². The molecule has 0 bridgehead atoms. The van der Waals surface area contributed by atoms with E-state index in [4.69, 9.17) is 27.9 Å². The second kappa shape index (κ2) is 9.04. The predicted octanol–water partition coefficient (Wildman–Crippen LogP) is 5.11. The molecule has 0 aliphatic carbocycles. The summed E-state index contributed by atoms with van der Waals surface area (Å²) in [6, 6.07) is 13.7. The third kappa shape index (κ3) is 5.53. The average Bonchev–Trinajstić information content (AvgIpc) is 2.52. The van der Waals surface area contributed by atoms with Gasteiger partial charge in [0.25, 0.3) is 0 Å². The molecule has 0 radical (unpaired) electrons. The van der Waals surface area contributed by atoms with Crippen molar-refractivity contribution in [2.24, 2.45) is 0 Å². The smallest absolute Gasteiger partial charge is 0.123 e. The van der Waals surface area contributed by atoms with Crippen LogP contribution in [0.4, 0.5) is 0 Å². The standard InChI is InChI=1S/C18H21Cl2NO/c1-2-11-22-18-8-7-17(20)12-15(18)13-21-10-9-14-3-5-16(19)6-4-14/h3-8,12,21H,2,9-11,13H2,1H3. The van der Waals surface area contributed by atoms with Crippen LogP contribution in [0.2, 0.25) is 10.0 Å². The number of hydrogen-bond donors (Lipinski definition) is 1. The summed E-state index contributed by atoms with van der Waals surface area (Å²) in [5.74, 6) is 0.908. The van der Waals surface area contributed by atoms with Crippen LogP contribution in [0.3, 0.4) is 0 Å². The van der Waals surface area contributed by atoms with Crippen molar-refractivity contribution >= 4 is 23.2 Å². The summed E-state index contributed by atoms with van der Waals surface area (Å²) in [4.78, 5) is 0. The molecule has 0 unspecified atom stereocenters. The van der Waals surface area contributed by atoms with E-state index in [-0.39, 0.29) is 0 Å². The van der Waals surface area contributed by atoms with E-state index in [1.807, 2.05) is 30.3 Å². The van der Waals surface area contributed by atoms with E-state index >= 15 is 0 Å². The van der Waals surface area contributed by atoms with Gasteiger partial charge in [0.15, 0.2) is 0 Å². The van der Waals surface area contributed by atoms with Crippen LogP contribution in [-0.4, -0.2) is 13.2 Å². The first-order valence-corrected chi connectivity index (χ1v) is 8.31. The van der Waals surface area contributed by atoms with Crippen LogP contribution in [0.5, 0.6) is 5.75 Å². The summed E-state index contributed by atoms with van der Waals surface area (Å²) in [7, 11) is 0. The fourth-order valence-corrected chi connectivity index (χ4v) is 2.47. The molecule has 22 heavy (non-hydrogen) atoms. The fourth-order valence-electron chi connectivity index (χ4n) is 2.15. The van der Waals surface area contributed by atoms with Crippen molar-refractivity contribution in [3.63, 3.8) is 0 Å². The Hall–Kier alpha value is -1.22. The second-order valence-electron chi connectivity index (χ2n) is 5.15. The maximum atomic E-state index is 6.08. The minimum absolute atomic E-state index is 0.722. The third-order valence-corrected chi connectivity index (χ3v) is 3.79. The van der Waals surface area contributed by atoms with Crippen LogP contribution >= 0.6 is 23.2 Å². The third-order valence-electron chi connectivity index (χ3n) is 3.30. The highest BCUT2D eigenvalue weighted by molar-refractivity contribution is 6.30. The molecule has 0 aliphatic heterocycles. The summed E-state index contributed by atoms with van der Waals surface area (Å²) >= 11 is 12.0. The minimum Gasteiger partial charge on any atom is -0.493 e. The van der Waals surface area contributed by atoms with Gasteiger partial charge in [-0.15, -0.1) is 0 Å². The molecule has 0 fully saturated rings. The van der Waals surface area contributed by atoms with E-state index < -0.39 is 0 Å². The molecule has 1 N–H and O–H groups in total. The quantitative estimate of drug-likeness (QED) is 0.675. The summed E-state index contributed by atoms with van der Waals surface area (Å²) in [6.07, 6.45) is 1.95. The van der Waals surface area contributed by atoms with Gasteiger partial charge in [0.2, 0.25) is 0 Å². The van der Waals surface area contributed by atoms with Crippen LogP contribution in [-0.2, 0) is 13.0 Å². The lowest BCUT2D eigenvalue weighted by atomic mass is 10.1. The minimum atomic E-state index is 0.722. The van der Waals surface area contributed by atoms with Gasteiger partial charge in [-0.2, -0.15) is 0 Å². The molecule has 0 heterocycles. The first-order chi connectivity index (χ1) is 10.7. The first-order valence-electron chi connectivity index (χ1n) is 7.55. The van der Waals surface area contributed by atoms with Gasteiger partial charge in [0.1, 0.15) is 5.75 Å². The number of nitrogens with one attached hydrogen (secondary N) is 1. The van der Waals surface area contributed by atoms with Gasteiger partial charge in [-0.3, -0.25) is 0 Å². The number of rotatable bonds is 8. The zero-order chi connectivity index (χ0) is 15.8. The number of ether oxygens (including phenoxy) is 1. The van der Waals surface area contributed by atoms with Crippen molar-refractivity contribution in [1.29, 1.82) is 0 Å². The summed E-state index contributed by atoms with van der Waals surface area (Å²) in [6.45, 7) is 4.45. The molecule has 0 spiro atoms. The Labute approximate surface area is 142 Å². The highest BCUT2D eigenvalue weighted by Gasteiger charge is 2.04. The topological polar surface area (TPSA) is 21.3 Å². The lowest BCUT2D eigenvalue weighted by Gasteiger charge is -2.12. The normalized spacial score (nSPS) is 10.7. The number of hydrogen-bond acceptors (Lipinski definition) is 2. The highest BCUT2D eigenvalue weighted by Crippen LogP contribution is 2.23. The maximum absolute atomic E-state index is 6.08. The van der Waals surface area contributed by atoms with E-state index in [9.17, 15) is 0 Å². The molecule has 0 saturated carbocycles. The zero-order valence-electron chi connectivity index (χ0n) is 12.7. The van der Waals surface area contributed by atoms with Gasteiger partial charge in [0, 0.05) is 22.2 Å². The van der Waals surface area contributed by atoms with Gasteiger partial charge < -0.3 is 10.1 Å². The molecule has 2 rings (SSSR count). The van der Waals surface area contributed by atoms with E-state index in [2.05, 4.69) is 24.4 Å². The maximum Gasteiger partial charge on any atom is 0.123 e. The van der Waals surface area contributed by atoms with E-state index in [1.54, 1.807) is 0 Å². The lowest BCUT2D eigenvalue weighted by Crippen LogP contribution is -2.17. The van der Waals surface area contributed by atoms with E-state index in [0.717, 1.165) is 53.9 Å². The molecule has 2 aromatic carbocycles. The lowest BCUT2D eigenvalue weighted by molar-refractivity contribution is 0.313. The summed E-state index contributed by atoms with van der Waals surface area (Å²) in [5, 5.41) is 4.94. The average molecular weight is 338 g/mol. The number of benzene rings is 2. The highest BCUT2D eigenvalue weighted by atomic mass is 35.5. The Morgan fingerprint density at radius 2 is 1.73 bits per heavy atom. The van der Waals surface area contributed by atoms with Crippen molar-refractivity contribution in [2.45, 2.75) is 26.3 Å². The molecule has 0 saturated heterocycles. The molecule has 0 atom stereocenters. The van der Waals surface area contributed by atoms with Crippen molar-refractivity contribution in [1.82, 2.24) is 5.32 Å². The monoisotopic (exact) mass is 337 g/mol. The van der Waals surface area contributed by atoms with E-state index in [1.165, 1.54) is 5.56 Å². The molecule has 0 amide bonds. The molecule has 2 nitrogen and oxygen atoms in total. The second-order valence-corrected chi connectivity index (χ2v) is 6.03. The van der Waals surface area contributed by atoms with Crippen molar-refractivity contribution in [3.05, 3.63) is 63.6 Å². The van der Waals surface area contributed by atoms with Crippen molar-refractivity contribution in [3.8, 4) is 5.75 Å². The van der Waals surface area contributed by atoms with Crippen LogP contribution < -0.4 is 10.1 Å². The van der Waals surface area contributed by atoms with Gasteiger partial charge >= 0.3 is 0 Å². The fraction of sp³-hybridized carbons (Fsp3) is 0.333. The Balaban J connectivity index is 1.85. The molecular weight excluding hydrogens is 317 g/mol. The van der Waals surface area contributed by atoms with Crippen LogP contribution in [0.15, 0.2) is 42.5 Å². The Bertz CT molecular complexity index is 584. The van der Waals surface area contributed by atoms with Crippen molar-refractivity contribution < 1.29 is 4.74 Å². The molecule has 0 aromatic heterocycles. The predicted molar refractivity (Wildman–Crippen MR) is 94.1 cm³/mol. The molecule has 2 aromatic rings. The molecule has 4 heteroatoms. The van der Waals surface area contributed by atoms with Gasteiger partial charge in [-0.1, -0.05) is 42.3 Å². The zero-order valence-corrected chi connectivity index (χ0v) is 14.3. The first kappa shape index (κ1) is 17.1. The number of halogens is 2. The van der Waals surface area contributed by atoms with Gasteiger partial charge in [0.05, 0.1) is 6.61 Å². The summed E-state index contributed by atoms with van der Waals surface area (Å²) in [5.41, 5.74) is 2.36. The molecular formula is C18H21Cl2NO. The van der Waals surface area contributed by atoms with Gasteiger partial charge in [-0.25, -0.2) is 0 Å². The van der Waals surface area contributed by atoms with Crippen LogP contribution in [0, 0.1) is 0 Å². The SMILES string of the molecule is CCCOc1ccc(Cl)cc1CNCCc1ccc(Cl)cc1. The largest absolute Gasteiger partial charge is 0.493 e. The molecule has 118 valence electrons. The van der Waals surface area contributed by atoms with Crippen molar-refractivity contribution in [2.75, 3.05) is 13.2 Å². The Morgan fingerprint density at radius 3 is 2.45 bits per heavy atom. The van der Waals surface area contributed by atoms with E-state index in [0.29, 0.717) is 0 Å². The van der Waals surface area contributed by atoms with Crippen LogP contribution in [0.25, 0.3) is 0 Å².